The van der Waals surface area contributed by atoms with Crippen LogP contribution in [0.5, 0.6) is 0 Å². The number of rotatable bonds is 4. The number of hydrogen-bond acceptors (Lipinski definition) is 5. The molecule has 0 amide bonds. The van der Waals surface area contributed by atoms with Crippen LogP contribution in [0.15, 0.2) is 35.6 Å². The number of imidazole rings is 1. The summed E-state index contributed by atoms with van der Waals surface area (Å²) in [6, 6.07) is 5.18. The fourth-order valence-electron chi connectivity index (χ4n) is 1.91. The highest BCUT2D eigenvalue weighted by atomic mass is 35.5. The van der Waals surface area contributed by atoms with Gasteiger partial charge < -0.3 is 0 Å². The number of fused-ring (bicyclic) bond motifs is 1. The lowest BCUT2D eigenvalue weighted by molar-refractivity contribution is 0.577. The molecule has 0 atom stereocenters. The van der Waals surface area contributed by atoms with Crippen molar-refractivity contribution in [3.8, 4) is 0 Å². The quantitative estimate of drug-likeness (QED) is 0.788. The minimum absolute atomic E-state index is 0.0471. The van der Waals surface area contributed by atoms with E-state index in [0.29, 0.717) is 5.65 Å². The Hall–Kier alpha value is -1.48. The van der Waals surface area contributed by atoms with E-state index in [-0.39, 0.29) is 16.7 Å². The summed E-state index contributed by atoms with van der Waals surface area (Å²) >= 11 is 7.42. The van der Waals surface area contributed by atoms with Crippen LogP contribution in [-0.4, -0.2) is 22.8 Å². The second-order valence-corrected chi connectivity index (χ2v) is 7.67. The Balaban J connectivity index is 1.95. The van der Waals surface area contributed by atoms with Crippen molar-refractivity contribution < 1.29 is 8.42 Å². The van der Waals surface area contributed by atoms with Crippen molar-refractivity contribution in [3.63, 3.8) is 0 Å². The SMILES string of the molecule is Cc1ncc(CNS(=O)(=O)c2c(Cl)nc3ccccn23)s1. The van der Waals surface area contributed by atoms with Crippen molar-refractivity contribution in [2.45, 2.75) is 18.5 Å². The van der Waals surface area contributed by atoms with E-state index in [9.17, 15) is 8.42 Å². The summed E-state index contributed by atoms with van der Waals surface area (Å²) in [5.74, 6) is 0. The van der Waals surface area contributed by atoms with Gasteiger partial charge in [0.2, 0.25) is 0 Å². The summed E-state index contributed by atoms with van der Waals surface area (Å²) in [5.41, 5.74) is 0.483. The summed E-state index contributed by atoms with van der Waals surface area (Å²) in [7, 11) is -3.77. The lowest BCUT2D eigenvalue weighted by Gasteiger charge is -2.05. The number of aromatic nitrogens is 3. The molecule has 3 aromatic heterocycles. The Labute approximate surface area is 130 Å². The van der Waals surface area contributed by atoms with E-state index < -0.39 is 10.0 Å². The molecule has 110 valence electrons. The third kappa shape index (κ3) is 2.80. The molecule has 0 saturated carbocycles. The summed E-state index contributed by atoms with van der Waals surface area (Å²) in [6.45, 7) is 2.04. The number of hydrogen-bond donors (Lipinski definition) is 1. The van der Waals surface area contributed by atoms with Crippen LogP contribution < -0.4 is 4.72 Å². The van der Waals surface area contributed by atoms with Crippen LogP contribution in [-0.2, 0) is 16.6 Å². The molecular formula is C12H11ClN4O2S2. The van der Waals surface area contributed by atoms with Crippen LogP contribution in [0.4, 0.5) is 0 Å². The van der Waals surface area contributed by atoms with E-state index in [1.165, 1.54) is 15.7 Å². The third-order valence-electron chi connectivity index (χ3n) is 2.81. The number of halogens is 1. The zero-order chi connectivity index (χ0) is 15.0. The van der Waals surface area contributed by atoms with Crippen LogP contribution in [0.2, 0.25) is 5.15 Å². The van der Waals surface area contributed by atoms with Gasteiger partial charge in [-0.1, -0.05) is 17.7 Å². The van der Waals surface area contributed by atoms with Crippen molar-refractivity contribution in [1.29, 1.82) is 0 Å². The fourth-order valence-corrected chi connectivity index (χ4v) is 4.38. The van der Waals surface area contributed by atoms with E-state index >= 15 is 0 Å². The van der Waals surface area contributed by atoms with Crippen LogP contribution in [0.3, 0.4) is 0 Å². The normalized spacial score (nSPS) is 12.1. The van der Waals surface area contributed by atoms with Gasteiger partial charge in [0.15, 0.2) is 10.2 Å². The molecule has 21 heavy (non-hydrogen) atoms. The van der Waals surface area contributed by atoms with Gasteiger partial charge in [0.25, 0.3) is 10.0 Å². The fraction of sp³-hybridized carbons (Fsp3) is 0.167. The molecule has 9 heteroatoms. The van der Waals surface area contributed by atoms with Gasteiger partial charge in [0.1, 0.15) is 5.65 Å². The molecule has 3 aromatic rings. The van der Waals surface area contributed by atoms with Gasteiger partial charge in [0.05, 0.1) is 5.01 Å². The maximum Gasteiger partial charge on any atom is 0.260 e. The number of aryl methyl sites for hydroxylation is 1. The van der Waals surface area contributed by atoms with Crippen molar-refractivity contribution in [2.75, 3.05) is 0 Å². The summed E-state index contributed by atoms with van der Waals surface area (Å²) in [6.07, 6.45) is 3.26. The van der Waals surface area contributed by atoms with Gasteiger partial charge in [-0.25, -0.2) is 23.1 Å². The van der Waals surface area contributed by atoms with Crippen LogP contribution in [0.1, 0.15) is 9.88 Å². The lowest BCUT2D eigenvalue weighted by atomic mass is 10.5. The molecule has 0 fully saturated rings. The Morgan fingerprint density at radius 3 is 2.95 bits per heavy atom. The monoisotopic (exact) mass is 342 g/mol. The van der Waals surface area contributed by atoms with Gasteiger partial charge in [-0.2, -0.15) is 0 Å². The first kappa shape index (κ1) is 14.5. The largest absolute Gasteiger partial charge is 0.288 e. The summed E-state index contributed by atoms with van der Waals surface area (Å²) in [4.78, 5) is 8.96. The van der Waals surface area contributed by atoms with E-state index in [1.807, 2.05) is 6.92 Å². The number of pyridine rings is 1. The smallest absolute Gasteiger partial charge is 0.260 e. The van der Waals surface area contributed by atoms with Crippen molar-refractivity contribution >= 4 is 38.6 Å². The first-order valence-corrected chi connectivity index (χ1v) is 8.69. The van der Waals surface area contributed by atoms with Crippen LogP contribution in [0.25, 0.3) is 5.65 Å². The van der Waals surface area contributed by atoms with Crippen molar-refractivity contribution in [2.24, 2.45) is 0 Å². The predicted octanol–water partition coefficient (Wildman–Crippen LogP) is 2.23. The molecule has 1 N–H and O–H groups in total. The Morgan fingerprint density at radius 1 is 1.43 bits per heavy atom. The lowest BCUT2D eigenvalue weighted by Crippen LogP contribution is -2.24. The topological polar surface area (TPSA) is 76.4 Å². The van der Waals surface area contributed by atoms with Gasteiger partial charge in [-0.3, -0.25) is 4.40 Å². The molecule has 0 unspecified atom stereocenters. The highest BCUT2D eigenvalue weighted by Crippen LogP contribution is 2.22. The standard InChI is InChI=1S/C12H11ClN4O2S2/c1-8-14-6-9(20-8)7-15-21(18,19)12-11(13)16-10-4-2-3-5-17(10)12/h2-6,15H,7H2,1H3. The molecule has 0 spiro atoms. The molecule has 3 heterocycles. The van der Waals surface area contributed by atoms with Crippen molar-refractivity contribution in [3.05, 3.63) is 45.6 Å². The van der Waals surface area contributed by atoms with E-state index in [2.05, 4.69) is 14.7 Å². The van der Waals surface area contributed by atoms with Gasteiger partial charge in [-0.15, -0.1) is 11.3 Å². The van der Waals surface area contributed by atoms with Crippen molar-refractivity contribution in [1.82, 2.24) is 19.1 Å². The first-order chi connectivity index (χ1) is 9.97. The molecular weight excluding hydrogens is 332 g/mol. The Morgan fingerprint density at radius 2 is 2.24 bits per heavy atom. The highest BCUT2D eigenvalue weighted by molar-refractivity contribution is 7.89. The van der Waals surface area contributed by atoms with E-state index in [4.69, 9.17) is 11.6 Å². The second kappa shape index (κ2) is 5.38. The predicted molar refractivity (Wildman–Crippen MR) is 81.1 cm³/mol. The maximum atomic E-state index is 12.4. The number of thiazole rings is 1. The number of nitrogens with zero attached hydrogens (tertiary/aromatic N) is 3. The second-order valence-electron chi connectivity index (χ2n) is 4.31. The average molecular weight is 343 g/mol. The summed E-state index contributed by atoms with van der Waals surface area (Å²) < 4.78 is 28.8. The molecule has 6 nitrogen and oxygen atoms in total. The van der Waals surface area contributed by atoms with Crippen LogP contribution in [0, 0.1) is 6.92 Å². The molecule has 0 aliphatic rings. The van der Waals surface area contributed by atoms with E-state index in [1.54, 1.807) is 30.6 Å². The molecule has 0 bridgehead atoms. The van der Waals surface area contributed by atoms with Gasteiger partial charge in [-0.05, 0) is 19.1 Å². The minimum atomic E-state index is -3.77. The Bertz CT molecular complexity index is 901. The highest BCUT2D eigenvalue weighted by Gasteiger charge is 2.24. The minimum Gasteiger partial charge on any atom is -0.288 e. The van der Waals surface area contributed by atoms with Crippen LogP contribution >= 0.6 is 22.9 Å². The number of nitrogens with one attached hydrogen (secondary N) is 1. The molecule has 0 saturated heterocycles. The van der Waals surface area contributed by atoms with Gasteiger partial charge >= 0.3 is 0 Å². The van der Waals surface area contributed by atoms with Gasteiger partial charge in [0, 0.05) is 23.8 Å². The maximum absolute atomic E-state index is 12.4. The molecule has 0 aliphatic heterocycles. The Kier molecular flexibility index (Phi) is 3.70. The molecule has 0 aromatic carbocycles. The zero-order valence-corrected chi connectivity index (χ0v) is 13.3. The third-order valence-corrected chi connectivity index (χ3v) is 5.52. The molecule has 0 radical (unpaired) electrons. The zero-order valence-electron chi connectivity index (χ0n) is 10.9. The van der Waals surface area contributed by atoms with E-state index in [0.717, 1.165) is 9.88 Å². The number of sulfonamides is 1. The average Bonchev–Trinajstić information content (AvgIpc) is 2.99. The molecule has 3 rings (SSSR count). The molecule has 0 aliphatic carbocycles. The summed E-state index contributed by atoms with van der Waals surface area (Å²) in [5, 5.41) is 0.784. The first-order valence-electron chi connectivity index (χ1n) is 6.01.